The van der Waals surface area contributed by atoms with E-state index in [1.807, 2.05) is 13.8 Å². The highest BCUT2D eigenvalue weighted by molar-refractivity contribution is 5.94. The lowest BCUT2D eigenvalue weighted by atomic mass is 10.2. The third kappa shape index (κ3) is 3.81. The molecule has 0 bridgehead atoms. The van der Waals surface area contributed by atoms with Gasteiger partial charge in [-0.25, -0.2) is 9.97 Å². The molecule has 0 aliphatic carbocycles. The van der Waals surface area contributed by atoms with Crippen molar-refractivity contribution >= 4 is 5.91 Å². The molecule has 0 fully saturated rings. The van der Waals surface area contributed by atoms with Gasteiger partial charge in [-0.05, 0) is 19.4 Å². The largest absolute Gasteiger partial charge is 0.475 e. The lowest BCUT2D eigenvalue weighted by molar-refractivity contribution is 0.0949. The standard InChI is InChI=1S/C14H18N4O2/c1-3-10(2)20-13-8-11(4-5-17-13)14(19)18-9-12-15-6-7-16-12/h4-8,10H,3,9H2,1-2H3,(H,15,16)(H,18,19)/t10-/m0/s1. The van der Waals surface area contributed by atoms with Crippen LogP contribution in [0.15, 0.2) is 30.7 Å². The number of pyridine rings is 1. The number of imidazole rings is 1. The van der Waals surface area contributed by atoms with E-state index in [1.54, 1.807) is 30.7 Å². The first-order valence-electron chi connectivity index (χ1n) is 6.58. The molecule has 1 atom stereocenters. The maximum atomic E-state index is 12.0. The first-order valence-corrected chi connectivity index (χ1v) is 6.58. The number of H-pyrrole nitrogens is 1. The molecule has 0 saturated carbocycles. The van der Waals surface area contributed by atoms with Crippen molar-refractivity contribution < 1.29 is 9.53 Å². The molecule has 106 valence electrons. The highest BCUT2D eigenvalue weighted by Gasteiger charge is 2.09. The van der Waals surface area contributed by atoms with Crippen molar-refractivity contribution in [3.63, 3.8) is 0 Å². The first-order chi connectivity index (χ1) is 9.69. The Balaban J connectivity index is 1.97. The van der Waals surface area contributed by atoms with Crippen LogP contribution in [-0.2, 0) is 6.54 Å². The minimum atomic E-state index is -0.183. The molecule has 6 nitrogen and oxygen atoms in total. The minimum Gasteiger partial charge on any atom is -0.475 e. The van der Waals surface area contributed by atoms with Crippen LogP contribution in [-0.4, -0.2) is 27.0 Å². The van der Waals surface area contributed by atoms with Gasteiger partial charge < -0.3 is 15.0 Å². The van der Waals surface area contributed by atoms with Gasteiger partial charge in [0.05, 0.1) is 12.6 Å². The number of nitrogens with zero attached hydrogens (tertiary/aromatic N) is 2. The second-order valence-electron chi connectivity index (χ2n) is 4.44. The monoisotopic (exact) mass is 274 g/mol. The van der Waals surface area contributed by atoms with Crippen LogP contribution in [0.3, 0.4) is 0 Å². The van der Waals surface area contributed by atoms with Crippen molar-refractivity contribution in [3.05, 3.63) is 42.1 Å². The molecule has 0 saturated heterocycles. The molecule has 2 rings (SSSR count). The Bertz CT molecular complexity index is 554. The fourth-order valence-corrected chi connectivity index (χ4v) is 1.57. The summed E-state index contributed by atoms with van der Waals surface area (Å²) in [7, 11) is 0. The van der Waals surface area contributed by atoms with Crippen LogP contribution in [0.25, 0.3) is 0 Å². The van der Waals surface area contributed by atoms with Gasteiger partial charge in [0.1, 0.15) is 5.82 Å². The van der Waals surface area contributed by atoms with Crippen molar-refractivity contribution in [1.82, 2.24) is 20.3 Å². The molecule has 2 heterocycles. The number of hydrogen-bond donors (Lipinski definition) is 2. The molecule has 0 unspecified atom stereocenters. The SMILES string of the molecule is CC[C@H](C)Oc1cc(C(=O)NCc2ncc[nH]2)ccn1. The predicted octanol–water partition coefficient (Wildman–Crippen LogP) is 1.91. The molecule has 6 heteroatoms. The smallest absolute Gasteiger partial charge is 0.251 e. The molecule has 20 heavy (non-hydrogen) atoms. The molecular weight excluding hydrogens is 256 g/mol. The average molecular weight is 274 g/mol. The number of nitrogens with one attached hydrogen (secondary N) is 2. The van der Waals surface area contributed by atoms with Crippen LogP contribution in [0.5, 0.6) is 5.88 Å². The maximum absolute atomic E-state index is 12.0. The summed E-state index contributed by atoms with van der Waals surface area (Å²) in [5.41, 5.74) is 0.518. The highest BCUT2D eigenvalue weighted by atomic mass is 16.5. The third-order valence-electron chi connectivity index (χ3n) is 2.87. The van der Waals surface area contributed by atoms with Gasteiger partial charge in [-0.1, -0.05) is 6.92 Å². The van der Waals surface area contributed by atoms with Crippen molar-refractivity contribution in [2.45, 2.75) is 32.9 Å². The number of amides is 1. The van der Waals surface area contributed by atoms with Gasteiger partial charge in [0.25, 0.3) is 5.91 Å². The Morgan fingerprint density at radius 1 is 1.45 bits per heavy atom. The van der Waals surface area contributed by atoms with Gasteiger partial charge in [-0.2, -0.15) is 0 Å². The van der Waals surface area contributed by atoms with Gasteiger partial charge >= 0.3 is 0 Å². The highest BCUT2D eigenvalue weighted by Crippen LogP contribution is 2.12. The Morgan fingerprint density at radius 3 is 3.00 bits per heavy atom. The fraction of sp³-hybridized carbons (Fsp3) is 0.357. The van der Waals surface area contributed by atoms with Gasteiger partial charge in [0, 0.05) is 30.2 Å². The van der Waals surface area contributed by atoms with Crippen LogP contribution >= 0.6 is 0 Å². The van der Waals surface area contributed by atoms with Gasteiger partial charge in [0.2, 0.25) is 5.88 Å². The molecule has 2 aromatic rings. The number of aromatic nitrogens is 3. The average Bonchev–Trinajstić information content (AvgIpc) is 2.98. The minimum absolute atomic E-state index is 0.0731. The number of rotatable bonds is 6. The van der Waals surface area contributed by atoms with Gasteiger partial charge in [0.15, 0.2) is 0 Å². The molecule has 0 spiro atoms. The first kappa shape index (κ1) is 14.0. The zero-order chi connectivity index (χ0) is 14.4. The number of ether oxygens (including phenoxy) is 1. The fourth-order valence-electron chi connectivity index (χ4n) is 1.57. The van der Waals surface area contributed by atoms with Crippen molar-refractivity contribution in [3.8, 4) is 5.88 Å². The summed E-state index contributed by atoms with van der Waals surface area (Å²) in [6, 6.07) is 3.30. The van der Waals surface area contributed by atoms with E-state index >= 15 is 0 Å². The van der Waals surface area contributed by atoms with E-state index < -0.39 is 0 Å². The molecule has 0 aliphatic rings. The van der Waals surface area contributed by atoms with Crippen LogP contribution < -0.4 is 10.1 Å². The molecule has 0 aliphatic heterocycles. The molecule has 0 aromatic carbocycles. The Hall–Kier alpha value is -2.37. The van der Waals surface area contributed by atoms with Crippen LogP contribution in [0, 0.1) is 0 Å². The lowest BCUT2D eigenvalue weighted by Crippen LogP contribution is -2.23. The van der Waals surface area contributed by atoms with Crippen LogP contribution in [0.1, 0.15) is 36.5 Å². The normalized spacial score (nSPS) is 11.9. The van der Waals surface area contributed by atoms with Gasteiger partial charge in [-0.3, -0.25) is 4.79 Å². The van der Waals surface area contributed by atoms with Crippen molar-refractivity contribution in [1.29, 1.82) is 0 Å². The summed E-state index contributed by atoms with van der Waals surface area (Å²) in [4.78, 5) is 23.1. The Kier molecular flexibility index (Phi) is 4.70. The second-order valence-corrected chi connectivity index (χ2v) is 4.44. The maximum Gasteiger partial charge on any atom is 0.251 e. The zero-order valence-electron chi connectivity index (χ0n) is 11.6. The van der Waals surface area contributed by atoms with E-state index in [0.717, 1.165) is 6.42 Å². The summed E-state index contributed by atoms with van der Waals surface area (Å²) in [5, 5.41) is 2.78. The summed E-state index contributed by atoms with van der Waals surface area (Å²) in [6.07, 6.45) is 5.89. The molecule has 2 aromatic heterocycles. The number of carbonyl (C=O) groups is 1. The van der Waals surface area contributed by atoms with Crippen LogP contribution in [0.2, 0.25) is 0 Å². The van der Waals surface area contributed by atoms with E-state index in [2.05, 4.69) is 20.3 Å². The van der Waals surface area contributed by atoms with E-state index in [9.17, 15) is 4.79 Å². The summed E-state index contributed by atoms with van der Waals surface area (Å²) >= 11 is 0. The zero-order valence-corrected chi connectivity index (χ0v) is 11.6. The molecular formula is C14H18N4O2. The predicted molar refractivity (Wildman–Crippen MR) is 74.4 cm³/mol. The summed E-state index contributed by atoms with van der Waals surface area (Å²) in [5.74, 6) is 0.992. The quantitative estimate of drug-likeness (QED) is 0.843. The second kappa shape index (κ2) is 6.70. The van der Waals surface area contributed by atoms with Crippen molar-refractivity contribution in [2.24, 2.45) is 0 Å². The van der Waals surface area contributed by atoms with Gasteiger partial charge in [-0.15, -0.1) is 0 Å². The summed E-state index contributed by atoms with van der Waals surface area (Å²) in [6.45, 7) is 4.35. The number of aromatic amines is 1. The van der Waals surface area contributed by atoms with E-state index in [0.29, 0.717) is 23.8 Å². The molecule has 1 amide bonds. The summed E-state index contributed by atoms with van der Waals surface area (Å²) < 4.78 is 5.60. The Morgan fingerprint density at radius 2 is 2.30 bits per heavy atom. The topological polar surface area (TPSA) is 79.9 Å². The molecule has 2 N–H and O–H groups in total. The van der Waals surface area contributed by atoms with Crippen molar-refractivity contribution in [2.75, 3.05) is 0 Å². The van der Waals surface area contributed by atoms with E-state index in [4.69, 9.17) is 4.74 Å². The number of hydrogen-bond acceptors (Lipinski definition) is 4. The number of carbonyl (C=O) groups excluding carboxylic acids is 1. The van der Waals surface area contributed by atoms with E-state index in [-0.39, 0.29) is 12.0 Å². The van der Waals surface area contributed by atoms with E-state index in [1.165, 1.54) is 0 Å². The molecule has 0 radical (unpaired) electrons. The lowest BCUT2D eigenvalue weighted by Gasteiger charge is -2.12. The van der Waals surface area contributed by atoms with Crippen LogP contribution in [0.4, 0.5) is 0 Å². The Labute approximate surface area is 117 Å². The third-order valence-corrected chi connectivity index (χ3v) is 2.87.